The van der Waals surface area contributed by atoms with Crippen molar-refractivity contribution in [1.29, 1.82) is 0 Å². The smallest absolute Gasteiger partial charge is 0.409 e. The monoisotopic (exact) mass is 569 g/mol. The molecule has 2 atom stereocenters. The van der Waals surface area contributed by atoms with Crippen LogP contribution in [0.4, 0.5) is 4.79 Å². The molecule has 0 bridgehead atoms. The second kappa shape index (κ2) is 15.4. The standard InChI is InChI=1S/C27H43N3O8S/c1-3-5-17-36-27(33)29-14-11-21(12-15-29)20-37-23-9-7-22(8-10-23)24-19-25(38-28-24)30(16-13-26(31)32)39(34,35)18-6-4-2/h7-10,21,24-25,28H,3-6,11-20H2,1-2H3,(H,31,32). The number of hydroxylamine groups is 1. The Hall–Kier alpha value is -2.41. The summed E-state index contributed by atoms with van der Waals surface area (Å²) in [5, 5.41) is 9.09. The number of likely N-dealkylation sites (tertiary alicyclic amines) is 1. The van der Waals surface area contributed by atoms with Crippen molar-refractivity contribution in [3.63, 3.8) is 0 Å². The van der Waals surface area contributed by atoms with Crippen molar-refractivity contribution in [3.05, 3.63) is 29.8 Å². The van der Waals surface area contributed by atoms with Crippen LogP contribution < -0.4 is 10.2 Å². The van der Waals surface area contributed by atoms with Gasteiger partial charge in [0.1, 0.15) is 12.0 Å². The number of amides is 1. The molecule has 0 spiro atoms. The van der Waals surface area contributed by atoms with E-state index in [4.69, 9.17) is 19.4 Å². The van der Waals surface area contributed by atoms with Crippen molar-refractivity contribution in [2.45, 2.75) is 77.5 Å². The van der Waals surface area contributed by atoms with Gasteiger partial charge in [-0.15, -0.1) is 0 Å². The summed E-state index contributed by atoms with van der Waals surface area (Å²) in [5.41, 5.74) is 3.84. The van der Waals surface area contributed by atoms with Gasteiger partial charge in [-0.1, -0.05) is 38.8 Å². The van der Waals surface area contributed by atoms with Gasteiger partial charge in [0.05, 0.1) is 31.4 Å². The minimum atomic E-state index is -3.65. The third-order valence-corrected chi connectivity index (χ3v) is 9.07. The fourth-order valence-electron chi connectivity index (χ4n) is 4.64. The van der Waals surface area contributed by atoms with Crippen LogP contribution in [-0.2, 0) is 24.4 Å². The third-order valence-electron chi connectivity index (χ3n) is 7.13. The van der Waals surface area contributed by atoms with Gasteiger partial charge in [-0.2, -0.15) is 9.79 Å². The highest BCUT2D eigenvalue weighted by atomic mass is 32.2. The first kappa shape index (κ1) is 31.1. The van der Waals surface area contributed by atoms with E-state index in [0.717, 1.165) is 43.4 Å². The fraction of sp³-hybridized carbons (Fsp3) is 0.704. The molecule has 11 nitrogen and oxygen atoms in total. The van der Waals surface area contributed by atoms with Gasteiger partial charge in [0, 0.05) is 26.1 Å². The van der Waals surface area contributed by atoms with Gasteiger partial charge < -0.3 is 19.5 Å². The van der Waals surface area contributed by atoms with E-state index < -0.39 is 22.2 Å². The third kappa shape index (κ3) is 9.63. The fourth-order valence-corrected chi connectivity index (χ4v) is 6.38. The van der Waals surface area contributed by atoms with E-state index in [2.05, 4.69) is 12.4 Å². The molecule has 0 radical (unpaired) electrons. The van der Waals surface area contributed by atoms with Crippen molar-refractivity contribution < 1.29 is 37.4 Å². The zero-order valence-electron chi connectivity index (χ0n) is 23.0. The van der Waals surface area contributed by atoms with E-state index in [-0.39, 0.29) is 30.9 Å². The number of hydrogen-bond donors (Lipinski definition) is 2. The number of nitrogens with one attached hydrogen (secondary N) is 1. The minimum Gasteiger partial charge on any atom is -0.493 e. The maximum atomic E-state index is 12.9. The topological polar surface area (TPSA) is 135 Å². The van der Waals surface area contributed by atoms with E-state index in [1.165, 1.54) is 4.31 Å². The summed E-state index contributed by atoms with van der Waals surface area (Å²) in [4.78, 5) is 30.6. The van der Waals surface area contributed by atoms with Crippen molar-refractivity contribution in [3.8, 4) is 5.75 Å². The van der Waals surface area contributed by atoms with Crippen LogP contribution >= 0.6 is 0 Å². The van der Waals surface area contributed by atoms with E-state index in [9.17, 15) is 18.0 Å². The lowest BCUT2D eigenvalue weighted by molar-refractivity contribution is -0.137. The van der Waals surface area contributed by atoms with Gasteiger partial charge in [-0.05, 0) is 49.3 Å². The van der Waals surface area contributed by atoms with Crippen molar-refractivity contribution in [1.82, 2.24) is 14.7 Å². The summed E-state index contributed by atoms with van der Waals surface area (Å²) in [7, 11) is -3.65. The van der Waals surface area contributed by atoms with E-state index >= 15 is 0 Å². The zero-order chi connectivity index (χ0) is 28.3. The van der Waals surface area contributed by atoms with Crippen molar-refractivity contribution in [2.75, 3.05) is 38.6 Å². The van der Waals surface area contributed by atoms with Crippen LogP contribution in [0.15, 0.2) is 24.3 Å². The molecule has 2 saturated heterocycles. The maximum absolute atomic E-state index is 12.9. The molecule has 220 valence electrons. The SMILES string of the molecule is CCCCOC(=O)N1CCC(COc2ccc(C3CC(N(CCC(=O)O)S(=O)(=O)CCCC)ON3)cc2)CC1. The summed E-state index contributed by atoms with van der Waals surface area (Å²) in [5.74, 6) is 0.00319. The molecule has 1 aromatic carbocycles. The molecular formula is C27H43N3O8S. The van der Waals surface area contributed by atoms with Crippen molar-refractivity contribution in [2.24, 2.45) is 5.92 Å². The molecule has 12 heteroatoms. The quantitative estimate of drug-likeness (QED) is 0.301. The molecule has 0 aliphatic carbocycles. The molecule has 1 amide bonds. The van der Waals surface area contributed by atoms with Crippen LogP contribution in [-0.4, -0.2) is 79.6 Å². The van der Waals surface area contributed by atoms with Crippen LogP contribution in [0.1, 0.15) is 76.8 Å². The summed E-state index contributed by atoms with van der Waals surface area (Å²) in [6.07, 6.45) is 3.91. The van der Waals surface area contributed by atoms with Gasteiger partial charge in [0.15, 0.2) is 0 Å². The Morgan fingerprint density at radius 1 is 1.13 bits per heavy atom. The predicted molar refractivity (Wildman–Crippen MR) is 146 cm³/mol. The minimum absolute atomic E-state index is 0.0399. The lowest BCUT2D eigenvalue weighted by Gasteiger charge is -2.31. The molecule has 2 unspecified atom stereocenters. The Morgan fingerprint density at radius 2 is 1.82 bits per heavy atom. The number of ether oxygens (including phenoxy) is 2. The van der Waals surface area contributed by atoms with E-state index in [1.807, 2.05) is 31.2 Å². The van der Waals surface area contributed by atoms with Crippen LogP contribution in [0, 0.1) is 5.92 Å². The van der Waals surface area contributed by atoms with Gasteiger partial charge in [-0.25, -0.2) is 13.2 Å². The number of carbonyl (C=O) groups excluding carboxylic acids is 1. The number of benzene rings is 1. The lowest BCUT2D eigenvalue weighted by atomic mass is 9.98. The van der Waals surface area contributed by atoms with Gasteiger partial charge in [0.25, 0.3) is 0 Å². The van der Waals surface area contributed by atoms with E-state index in [0.29, 0.717) is 45.1 Å². The number of nitrogens with zero attached hydrogens (tertiary/aromatic N) is 2. The number of unbranched alkanes of at least 4 members (excludes halogenated alkanes) is 2. The number of rotatable bonds is 15. The number of carbonyl (C=O) groups is 2. The largest absolute Gasteiger partial charge is 0.493 e. The molecule has 2 aliphatic rings. The predicted octanol–water partition coefficient (Wildman–Crippen LogP) is 3.91. The molecular weight excluding hydrogens is 526 g/mol. The molecule has 1 aromatic rings. The van der Waals surface area contributed by atoms with Gasteiger partial charge in [-0.3, -0.25) is 9.63 Å². The van der Waals surface area contributed by atoms with E-state index in [1.54, 1.807) is 4.90 Å². The van der Waals surface area contributed by atoms with Gasteiger partial charge >= 0.3 is 12.1 Å². The Morgan fingerprint density at radius 3 is 2.46 bits per heavy atom. The molecule has 2 N–H and O–H groups in total. The summed E-state index contributed by atoms with van der Waals surface area (Å²) in [6.45, 7) is 6.22. The summed E-state index contributed by atoms with van der Waals surface area (Å²) < 4.78 is 38.2. The highest BCUT2D eigenvalue weighted by Crippen LogP contribution is 2.30. The average Bonchev–Trinajstić information content (AvgIpc) is 3.41. The number of aliphatic carboxylic acids is 1. The van der Waals surface area contributed by atoms with Crippen LogP contribution in [0.3, 0.4) is 0 Å². The number of carboxylic acid groups (broad SMARTS) is 1. The Balaban J connectivity index is 1.47. The number of hydrogen-bond acceptors (Lipinski definition) is 8. The van der Waals surface area contributed by atoms with Crippen LogP contribution in [0.2, 0.25) is 0 Å². The first-order valence-electron chi connectivity index (χ1n) is 14.0. The molecule has 2 fully saturated rings. The first-order valence-corrected chi connectivity index (χ1v) is 15.6. The van der Waals surface area contributed by atoms with Crippen molar-refractivity contribution >= 4 is 22.1 Å². The highest BCUT2D eigenvalue weighted by molar-refractivity contribution is 7.89. The summed E-state index contributed by atoms with van der Waals surface area (Å²) in [6, 6.07) is 7.36. The molecule has 3 rings (SSSR count). The average molecular weight is 570 g/mol. The molecule has 2 aliphatic heterocycles. The van der Waals surface area contributed by atoms with Gasteiger partial charge in [0.2, 0.25) is 10.0 Å². The lowest BCUT2D eigenvalue weighted by Crippen LogP contribution is -2.43. The Kier molecular flexibility index (Phi) is 12.3. The number of carboxylic acids is 1. The molecule has 0 saturated carbocycles. The Bertz CT molecular complexity index is 1010. The maximum Gasteiger partial charge on any atom is 0.409 e. The van der Waals surface area contributed by atoms with Crippen LogP contribution in [0.25, 0.3) is 0 Å². The Labute approximate surface area is 231 Å². The molecule has 0 aromatic heterocycles. The second-order valence-corrected chi connectivity index (χ2v) is 12.2. The number of sulfonamides is 1. The normalized spacial score (nSPS) is 20.3. The summed E-state index contributed by atoms with van der Waals surface area (Å²) >= 11 is 0. The first-order chi connectivity index (χ1) is 18.7. The zero-order valence-corrected chi connectivity index (χ0v) is 23.9. The molecule has 2 heterocycles. The number of piperidine rings is 1. The molecule has 39 heavy (non-hydrogen) atoms. The highest BCUT2D eigenvalue weighted by Gasteiger charge is 2.37. The van der Waals surface area contributed by atoms with Crippen LogP contribution in [0.5, 0.6) is 5.75 Å². The second-order valence-electron chi connectivity index (χ2n) is 10.2.